The first-order chi connectivity index (χ1) is 9.06. The number of nitrogens with two attached hydrogens (primary N) is 1. The highest BCUT2D eigenvalue weighted by molar-refractivity contribution is 5.95. The van der Waals surface area contributed by atoms with Crippen molar-refractivity contribution in [2.24, 2.45) is 5.92 Å². The minimum absolute atomic E-state index is 0.0278. The Morgan fingerprint density at radius 1 is 1.53 bits per heavy atom. The zero-order chi connectivity index (χ0) is 13.8. The lowest BCUT2D eigenvalue weighted by atomic mass is 9.98. The molecule has 1 atom stereocenters. The van der Waals surface area contributed by atoms with Crippen LogP contribution in [0.25, 0.3) is 0 Å². The molecule has 0 aliphatic carbocycles. The Hall–Kier alpha value is -1.55. The Kier molecular flexibility index (Phi) is 4.43. The van der Waals surface area contributed by atoms with Crippen LogP contribution >= 0.6 is 0 Å². The van der Waals surface area contributed by atoms with E-state index in [0.29, 0.717) is 17.2 Å². The second-order valence-electron chi connectivity index (χ2n) is 5.55. The Balaban J connectivity index is 1.88. The van der Waals surface area contributed by atoms with Gasteiger partial charge in [-0.2, -0.15) is 0 Å². The van der Waals surface area contributed by atoms with Crippen LogP contribution in [0.5, 0.6) is 0 Å². The van der Waals surface area contributed by atoms with Crippen molar-refractivity contribution in [3.05, 3.63) is 29.3 Å². The molecule has 1 aromatic carbocycles. The highest BCUT2D eigenvalue weighted by atomic mass is 16.1. The van der Waals surface area contributed by atoms with Crippen molar-refractivity contribution in [2.75, 3.05) is 32.4 Å². The number of anilines is 1. The van der Waals surface area contributed by atoms with E-state index in [0.717, 1.165) is 18.7 Å². The number of nitrogens with one attached hydrogen (secondary N) is 1. The number of piperidine rings is 1. The molecule has 4 nitrogen and oxygen atoms in total. The van der Waals surface area contributed by atoms with Crippen LogP contribution in [-0.2, 0) is 0 Å². The van der Waals surface area contributed by atoms with E-state index in [1.54, 1.807) is 6.07 Å². The fourth-order valence-corrected chi connectivity index (χ4v) is 2.56. The first-order valence-corrected chi connectivity index (χ1v) is 6.89. The summed E-state index contributed by atoms with van der Waals surface area (Å²) in [6.45, 7) is 4.92. The summed E-state index contributed by atoms with van der Waals surface area (Å²) >= 11 is 0. The molecule has 0 bridgehead atoms. The molecule has 4 heteroatoms. The normalized spacial score (nSPS) is 20.2. The summed E-state index contributed by atoms with van der Waals surface area (Å²) < 4.78 is 0. The second kappa shape index (κ2) is 6.06. The first-order valence-electron chi connectivity index (χ1n) is 6.89. The molecule has 2 rings (SSSR count). The van der Waals surface area contributed by atoms with Gasteiger partial charge >= 0.3 is 0 Å². The van der Waals surface area contributed by atoms with Gasteiger partial charge in [-0.15, -0.1) is 0 Å². The smallest absolute Gasteiger partial charge is 0.251 e. The van der Waals surface area contributed by atoms with Crippen molar-refractivity contribution in [1.29, 1.82) is 0 Å². The number of aryl methyl sites for hydroxylation is 1. The number of hydrogen-bond acceptors (Lipinski definition) is 3. The lowest BCUT2D eigenvalue weighted by molar-refractivity contribution is 0.0937. The number of rotatable bonds is 3. The van der Waals surface area contributed by atoms with Gasteiger partial charge in [0.05, 0.1) is 0 Å². The second-order valence-corrected chi connectivity index (χ2v) is 5.55. The zero-order valence-electron chi connectivity index (χ0n) is 11.8. The van der Waals surface area contributed by atoms with Gasteiger partial charge in [0.15, 0.2) is 0 Å². The molecule has 0 spiro atoms. The van der Waals surface area contributed by atoms with E-state index in [1.165, 1.54) is 19.4 Å². The number of amides is 1. The van der Waals surface area contributed by atoms with Crippen molar-refractivity contribution in [3.8, 4) is 0 Å². The summed E-state index contributed by atoms with van der Waals surface area (Å²) in [5, 5.41) is 3.01. The van der Waals surface area contributed by atoms with Crippen LogP contribution in [0, 0.1) is 12.8 Å². The van der Waals surface area contributed by atoms with Crippen molar-refractivity contribution in [3.63, 3.8) is 0 Å². The van der Waals surface area contributed by atoms with Crippen molar-refractivity contribution in [2.45, 2.75) is 19.8 Å². The molecule has 3 N–H and O–H groups in total. The van der Waals surface area contributed by atoms with E-state index in [2.05, 4.69) is 17.3 Å². The van der Waals surface area contributed by atoms with E-state index in [4.69, 9.17) is 5.73 Å². The molecule has 0 saturated carbocycles. The Morgan fingerprint density at radius 2 is 2.32 bits per heavy atom. The molecule has 1 aliphatic heterocycles. The standard InChI is InChI=1S/C15H23N3O/c1-11-5-6-13(8-14(11)16)15(19)17-9-12-4-3-7-18(2)10-12/h5-6,8,12H,3-4,7,9-10,16H2,1-2H3,(H,17,19). The number of carbonyl (C=O) groups is 1. The van der Waals surface area contributed by atoms with Crippen LogP contribution in [0.3, 0.4) is 0 Å². The van der Waals surface area contributed by atoms with Gasteiger partial charge in [-0.3, -0.25) is 4.79 Å². The van der Waals surface area contributed by atoms with Crippen LogP contribution < -0.4 is 11.1 Å². The van der Waals surface area contributed by atoms with Gasteiger partial charge in [-0.05, 0) is 57.0 Å². The van der Waals surface area contributed by atoms with E-state index >= 15 is 0 Å². The Labute approximate surface area is 115 Å². The molecule has 104 valence electrons. The molecule has 19 heavy (non-hydrogen) atoms. The number of benzene rings is 1. The van der Waals surface area contributed by atoms with Crippen molar-refractivity contribution < 1.29 is 4.79 Å². The molecule has 1 saturated heterocycles. The Bertz CT molecular complexity index is 459. The van der Waals surface area contributed by atoms with Gasteiger partial charge in [0.2, 0.25) is 0 Å². The number of hydrogen-bond donors (Lipinski definition) is 2. The fourth-order valence-electron chi connectivity index (χ4n) is 2.56. The molecule has 1 amide bonds. The molecule has 0 aromatic heterocycles. The fraction of sp³-hybridized carbons (Fsp3) is 0.533. The van der Waals surface area contributed by atoms with Gasteiger partial charge < -0.3 is 16.0 Å². The van der Waals surface area contributed by atoms with Crippen molar-refractivity contribution >= 4 is 11.6 Å². The monoisotopic (exact) mass is 261 g/mol. The van der Waals surface area contributed by atoms with Crippen LogP contribution in [0.1, 0.15) is 28.8 Å². The third kappa shape index (κ3) is 3.70. The van der Waals surface area contributed by atoms with E-state index in [9.17, 15) is 4.79 Å². The summed E-state index contributed by atoms with van der Waals surface area (Å²) in [7, 11) is 2.13. The minimum atomic E-state index is -0.0278. The lowest BCUT2D eigenvalue weighted by Crippen LogP contribution is -2.39. The SMILES string of the molecule is Cc1ccc(C(=O)NCC2CCCN(C)C2)cc1N. The summed E-state index contributed by atoms with van der Waals surface area (Å²) in [6, 6.07) is 5.46. The zero-order valence-corrected chi connectivity index (χ0v) is 11.8. The van der Waals surface area contributed by atoms with Crippen molar-refractivity contribution in [1.82, 2.24) is 10.2 Å². The van der Waals surface area contributed by atoms with Crippen LogP contribution in [0.4, 0.5) is 5.69 Å². The highest BCUT2D eigenvalue weighted by Crippen LogP contribution is 2.15. The van der Waals surface area contributed by atoms with E-state index in [1.807, 2.05) is 19.1 Å². The summed E-state index contributed by atoms with van der Waals surface area (Å²) in [5.74, 6) is 0.533. The average molecular weight is 261 g/mol. The molecular formula is C15H23N3O. The predicted molar refractivity (Wildman–Crippen MR) is 78.1 cm³/mol. The van der Waals surface area contributed by atoms with Crippen LogP contribution in [0.2, 0.25) is 0 Å². The topological polar surface area (TPSA) is 58.4 Å². The van der Waals surface area contributed by atoms with Crippen LogP contribution in [0.15, 0.2) is 18.2 Å². The summed E-state index contributed by atoms with van der Waals surface area (Å²) in [4.78, 5) is 14.4. The van der Waals surface area contributed by atoms with Gasteiger partial charge in [0, 0.05) is 24.3 Å². The molecular weight excluding hydrogens is 238 g/mol. The minimum Gasteiger partial charge on any atom is -0.398 e. The number of carbonyl (C=O) groups excluding carboxylic acids is 1. The van der Waals surface area contributed by atoms with E-state index < -0.39 is 0 Å². The lowest BCUT2D eigenvalue weighted by Gasteiger charge is -2.29. The maximum Gasteiger partial charge on any atom is 0.251 e. The molecule has 1 heterocycles. The molecule has 0 radical (unpaired) electrons. The number of nitrogens with zero attached hydrogens (tertiary/aromatic N) is 1. The predicted octanol–water partition coefficient (Wildman–Crippen LogP) is 1.65. The molecule has 1 aliphatic rings. The summed E-state index contributed by atoms with van der Waals surface area (Å²) in [6.07, 6.45) is 2.41. The third-order valence-electron chi connectivity index (χ3n) is 3.81. The van der Waals surface area contributed by atoms with Gasteiger partial charge in [0.25, 0.3) is 5.91 Å². The Morgan fingerprint density at radius 3 is 3.00 bits per heavy atom. The maximum atomic E-state index is 12.1. The quantitative estimate of drug-likeness (QED) is 0.813. The number of nitrogen functional groups attached to an aromatic ring is 1. The maximum absolute atomic E-state index is 12.1. The average Bonchev–Trinajstić information content (AvgIpc) is 2.39. The first kappa shape index (κ1) is 13.9. The van der Waals surface area contributed by atoms with Gasteiger partial charge in [-0.1, -0.05) is 6.07 Å². The van der Waals surface area contributed by atoms with Gasteiger partial charge in [-0.25, -0.2) is 0 Å². The molecule has 1 fully saturated rings. The largest absolute Gasteiger partial charge is 0.398 e. The summed E-state index contributed by atoms with van der Waals surface area (Å²) in [5.41, 5.74) is 8.15. The molecule has 1 aromatic rings. The van der Waals surface area contributed by atoms with Crippen LogP contribution in [-0.4, -0.2) is 37.5 Å². The third-order valence-corrected chi connectivity index (χ3v) is 3.81. The van der Waals surface area contributed by atoms with Gasteiger partial charge in [0.1, 0.15) is 0 Å². The highest BCUT2D eigenvalue weighted by Gasteiger charge is 2.18. The number of likely N-dealkylation sites (tertiary alicyclic amines) is 1. The van der Waals surface area contributed by atoms with E-state index in [-0.39, 0.29) is 5.91 Å². The molecule has 1 unspecified atom stereocenters.